The normalized spacial score (nSPS) is 11.5. The molecular weight excluding hydrogens is 526 g/mol. The maximum absolute atomic E-state index is 14.0. The summed E-state index contributed by atoms with van der Waals surface area (Å²) < 4.78 is 28.0. The Morgan fingerprint density at radius 2 is 0.718 bits per heavy atom. The topological polar surface area (TPSA) is 92.3 Å². The Balaban J connectivity index is 1.31. The Bertz CT molecular complexity index is 1260. The van der Waals surface area contributed by atoms with E-state index >= 15 is 0 Å². The Kier molecular flexibility index (Phi) is 9.70. The number of carbonyl (C=O) groups is 2. The van der Waals surface area contributed by atoms with Crippen molar-refractivity contribution in [3.8, 4) is 0 Å². The lowest BCUT2D eigenvalue weighted by Gasteiger charge is -2.20. The Hall–Kier alpha value is -3.72. The van der Waals surface area contributed by atoms with E-state index < -0.39 is 14.3 Å². The number of rotatable bonds is 12. The van der Waals surface area contributed by atoms with Crippen LogP contribution in [0.2, 0.25) is 0 Å². The molecular formula is C31H32N2O4P2. The number of benzene rings is 4. The SMILES string of the molecule is O=C(CCCC(=O)NCP(=O)(c1ccccc1)c1ccccc1)NCP(=O)(c1ccccc1)c1ccccc1. The summed E-state index contributed by atoms with van der Waals surface area (Å²) in [6, 6.07) is 36.6. The van der Waals surface area contributed by atoms with Gasteiger partial charge < -0.3 is 19.8 Å². The van der Waals surface area contributed by atoms with Crippen molar-refractivity contribution in [2.45, 2.75) is 19.3 Å². The number of hydrogen-bond acceptors (Lipinski definition) is 4. The second-order valence-electron chi connectivity index (χ2n) is 9.19. The summed E-state index contributed by atoms with van der Waals surface area (Å²) in [7, 11) is -6.12. The highest BCUT2D eigenvalue weighted by Gasteiger charge is 2.29. The lowest BCUT2D eigenvalue weighted by Crippen LogP contribution is -2.32. The average Bonchev–Trinajstić information content (AvgIpc) is 3.00. The van der Waals surface area contributed by atoms with Gasteiger partial charge in [0.05, 0.1) is 12.6 Å². The highest BCUT2D eigenvalue weighted by Crippen LogP contribution is 2.42. The minimum Gasteiger partial charge on any atom is -0.348 e. The van der Waals surface area contributed by atoms with E-state index in [9.17, 15) is 18.7 Å². The van der Waals surface area contributed by atoms with Crippen LogP contribution in [0.3, 0.4) is 0 Å². The van der Waals surface area contributed by atoms with Gasteiger partial charge in [-0.15, -0.1) is 0 Å². The summed E-state index contributed by atoms with van der Waals surface area (Å²) in [5.74, 6) is -0.539. The summed E-state index contributed by atoms with van der Waals surface area (Å²) in [4.78, 5) is 25.2. The molecule has 0 aromatic heterocycles. The second-order valence-corrected chi connectivity index (χ2v) is 14.8. The van der Waals surface area contributed by atoms with Gasteiger partial charge in [-0.05, 0) is 6.42 Å². The monoisotopic (exact) mass is 558 g/mol. The van der Waals surface area contributed by atoms with Crippen LogP contribution in [0.25, 0.3) is 0 Å². The molecule has 0 bridgehead atoms. The molecule has 200 valence electrons. The minimum atomic E-state index is -3.06. The standard InChI is InChI=1S/C31H32N2O4P2/c34-30(32-24-38(36,26-14-5-1-6-15-26)27-16-7-2-8-17-27)22-13-23-31(35)33-25-39(37,28-18-9-3-10-19-28)29-20-11-4-12-21-29/h1-12,14-21H,13,22-25H2,(H,32,34)(H,33,35). The van der Waals surface area contributed by atoms with Gasteiger partial charge >= 0.3 is 0 Å². The predicted molar refractivity (Wildman–Crippen MR) is 159 cm³/mol. The van der Waals surface area contributed by atoms with Gasteiger partial charge in [0, 0.05) is 34.1 Å². The number of hydrogen-bond donors (Lipinski definition) is 2. The van der Waals surface area contributed by atoms with Crippen LogP contribution < -0.4 is 31.9 Å². The molecule has 0 aliphatic carbocycles. The summed E-state index contributed by atoms with van der Waals surface area (Å²) in [6.45, 7) is 0. The summed E-state index contributed by atoms with van der Waals surface area (Å²) in [6.07, 6.45) is 0.560. The molecule has 0 atom stereocenters. The van der Waals surface area contributed by atoms with Gasteiger partial charge in [-0.25, -0.2) is 0 Å². The zero-order chi connectivity index (χ0) is 27.6. The molecule has 0 aliphatic heterocycles. The fraction of sp³-hybridized carbons (Fsp3) is 0.161. The van der Waals surface area contributed by atoms with Gasteiger partial charge in [0.25, 0.3) is 0 Å². The molecule has 2 N–H and O–H groups in total. The van der Waals surface area contributed by atoms with Crippen molar-refractivity contribution in [3.63, 3.8) is 0 Å². The van der Waals surface area contributed by atoms with E-state index in [-0.39, 0.29) is 37.2 Å². The summed E-state index contributed by atoms with van der Waals surface area (Å²) in [5, 5.41) is 8.34. The van der Waals surface area contributed by atoms with Crippen molar-refractivity contribution in [1.82, 2.24) is 10.6 Å². The first-order valence-electron chi connectivity index (χ1n) is 12.9. The molecule has 39 heavy (non-hydrogen) atoms. The van der Waals surface area contributed by atoms with E-state index in [2.05, 4.69) is 10.6 Å². The van der Waals surface area contributed by atoms with Crippen LogP contribution in [-0.2, 0) is 18.7 Å². The van der Waals surface area contributed by atoms with Gasteiger partial charge in [0.2, 0.25) is 11.8 Å². The maximum Gasteiger partial charge on any atom is 0.220 e. The number of nitrogens with one attached hydrogen (secondary N) is 2. The van der Waals surface area contributed by atoms with Crippen molar-refractivity contribution in [2.24, 2.45) is 0 Å². The Morgan fingerprint density at radius 1 is 0.462 bits per heavy atom. The highest BCUT2D eigenvalue weighted by atomic mass is 31.2. The molecule has 4 aromatic rings. The van der Waals surface area contributed by atoms with E-state index in [0.29, 0.717) is 27.6 Å². The lowest BCUT2D eigenvalue weighted by molar-refractivity contribution is -0.122. The molecule has 2 amide bonds. The van der Waals surface area contributed by atoms with E-state index in [1.54, 1.807) is 0 Å². The van der Waals surface area contributed by atoms with Crippen LogP contribution in [0.1, 0.15) is 19.3 Å². The zero-order valence-electron chi connectivity index (χ0n) is 21.6. The van der Waals surface area contributed by atoms with Crippen molar-refractivity contribution in [3.05, 3.63) is 121 Å². The van der Waals surface area contributed by atoms with Crippen molar-refractivity contribution < 1.29 is 18.7 Å². The minimum absolute atomic E-state index is 0.00336. The van der Waals surface area contributed by atoms with Crippen molar-refractivity contribution in [2.75, 3.05) is 12.6 Å². The van der Waals surface area contributed by atoms with Crippen LogP contribution >= 0.6 is 14.3 Å². The summed E-state index contributed by atoms with van der Waals surface area (Å²) >= 11 is 0. The van der Waals surface area contributed by atoms with Crippen LogP contribution in [0.15, 0.2) is 121 Å². The van der Waals surface area contributed by atoms with E-state index in [0.717, 1.165) is 0 Å². The molecule has 0 unspecified atom stereocenters. The quantitative estimate of drug-likeness (QED) is 0.253. The van der Waals surface area contributed by atoms with Crippen LogP contribution in [0, 0.1) is 0 Å². The predicted octanol–water partition coefficient (Wildman–Crippen LogP) is 4.33. The van der Waals surface area contributed by atoms with E-state index in [1.165, 1.54) is 0 Å². The first kappa shape index (κ1) is 28.3. The molecule has 6 nitrogen and oxygen atoms in total. The van der Waals surface area contributed by atoms with Crippen molar-refractivity contribution >= 4 is 47.3 Å². The van der Waals surface area contributed by atoms with E-state index in [4.69, 9.17) is 0 Å². The number of amides is 2. The zero-order valence-corrected chi connectivity index (χ0v) is 23.4. The molecule has 0 spiro atoms. The largest absolute Gasteiger partial charge is 0.348 e. The third kappa shape index (κ3) is 7.23. The van der Waals surface area contributed by atoms with Gasteiger partial charge in [-0.1, -0.05) is 121 Å². The lowest BCUT2D eigenvalue weighted by atomic mass is 10.2. The molecule has 4 rings (SSSR count). The average molecular weight is 559 g/mol. The second kappa shape index (κ2) is 13.4. The smallest absolute Gasteiger partial charge is 0.220 e. The van der Waals surface area contributed by atoms with Gasteiger partial charge in [0.15, 0.2) is 14.3 Å². The van der Waals surface area contributed by atoms with Gasteiger partial charge in [0.1, 0.15) is 0 Å². The fourth-order valence-corrected chi connectivity index (χ4v) is 9.06. The van der Waals surface area contributed by atoms with Gasteiger partial charge in [-0.3, -0.25) is 9.59 Å². The Morgan fingerprint density at radius 3 is 0.974 bits per heavy atom. The third-order valence-corrected chi connectivity index (χ3v) is 12.2. The molecule has 0 saturated heterocycles. The Labute approximate surface area is 229 Å². The molecule has 0 fully saturated rings. The molecule has 0 saturated carbocycles. The van der Waals surface area contributed by atoms with Crippen LogP contribution in [-0.4, -0.2) is 24.4 Å². The summed E-state index contributed by atoms with van der Waals surface area (Å²) in [5.41, 5.74) is 0. The third-order valence-electron chi connectivity index (χ3n) is 6.50. The van der Waals surface area contributed by atoms with E-state index in [1.807, 2.05) is 121 Å². The first-order valence-corrected chi connectivity index (χ1v) is 16.6. The van der Waals surface area contributed by atoms with Gasteiger partial charge in [-0.2, -0.15) is 0 Å². The number of carbonyl (C=O) groups excluding carboxylic acids is 2. The molecule has 8 heteroatoms. The fourth-order valence-electron chi connectivity index (χ4n) is 4.32. The van der Waals surface area contributed by atoms with Crippen LogP contribution in [0.5, 0.6) is 0 Å². The maximum atomic E-state index is 14.0. The molecule has 0 radical (unpaired) electrons. The highest BCUT2D eigenvalue weighted by molar-refractivity contribution is 7.79. The molecule has 0 aliphatic rings. The first-order chi connectivity index (χ1) is 18.9. The van der Waals surface area contributed by atoms with Crippen molar-refractivity contribution in [1.29, 1.82) is 0 Å². The van der Waals surface area contributed by atoms with Crippen LogP contribution in [0.4, 0.5) is 0 Å². The molecule has 0 heterocycles. The molecule has 4 aromatic carbocycles.